The second kappa shape index (κ2) is 6.29. The van der Waals surface area contributed by atoms with Crippen LogP contribution in [0.2, 0.25) is 0 Å². The molecule has 1 aliphatic rings. The van der Waals surface area contributed by atoms with Gasteiger partial charge in [-0.25, -0.2) is 0 Å². The van der Waals surface area contributed by atoms with Crippen molar-refractivity contribution in [1.29, 1.82) is 0 Å². The molecule has 0 saturated carbocycles. The molecule has 1 fully saturated rings. The molecule has 0 aliphatic carbocycles. The van der Waals surface area contributed by atoms with Gasteiger partial charge in [0.25, 0.3) is 0 Å². The summed E-state index contributed by atoms with van der Waals surface area (Å²) in [5, 5.41) is 11.2. The van der Waals surface area contributed by atoms with Crippen LogP contribution in [0.25, 0.3) is 0 Å². The van der Waals surface area contributed by atoms with E-state index < -0.39 is 22.4 Å². The molecule has 8 nitrogen and oxygen atoms in total. The Hall–Kier alpha value is -2.19. The second-order valence-corrected chi connectivity index (χ2v) is 5.22. The molecule has 0 aromatic heterocycles. The molecule has 1 aromatic carbocycles. The number of hydrogen-bond acceptors (Lipinski definition) is 7. The van der Waals surface area contributed by atoms with Crippen molar-refractivity contribution in [2.45, 2.75) is 32.7 Å². The summed E-state index contributed by atoms with van der Waals surface area (Å²) >= 11 is 0. The molecule has 1 heterocycles. The van der Waals surface area contributed by atoms with Gasteiger partial charge >= 0.3 is 11.7 Å². The second-order valence-electron chi connectivity index (χ2n) is 5.22. The maximum absolute atomic E-state index is 11.2. The fourth-order valence-corrected chi connectivity index (χ4v) is 2.06. The first-order chi connectivity index (χ1) is 10.3. The quantitative estimate of drug-likeness (QED) is 0.355. The molecule has 0 bridgehead atoms. The summed E-state index contributed by atoms with van der Waals surface area (Å²) in [6.45, 7) is 5.15. The van der Waals surface area contributed by atoms with Gasteiger partial charge < -0.3 is 18.9 Å². The van der Waals surface area contributed by atoms with E-state index in [0.29, 0.717) is 6.61 Å². The number of carbonyl (C=O) groups is 1. The van der Waals surface area contributed by atoms with Crippen molar-refractivity contribution in [1.82, 2.24) is 0 Å². The minimum atomic E-state index is -0.695. The van der Waals surface area contributed by atoms with E-state index in [-0.39, 0.29) is 24.2 Å². The number of ether oxygens (including phenoxy) is 4. The third kappa shape index (κ3) is 3.92. The Labute approximate surface area is 127 Å². The van der Waals surface area contributed by atoms with Gasteiger partial charge in [0.1, 0.15) is 12.7 Å². The highest BCUT2D eigenvalue weighted by Crippen LogP contribution is 2.37. The van der Waals surface area contributed by atoms with Crippen LogP contribution in [0.1, 0.15) is 20.8 Å². The van der Waals surface area contributed by atoms with Crippen molar-refractivity contribution >= 4 is 11.7 Å². The van der Waals surface area contributed by atoms with Crippen LogP contribution in [0, 0.1) is 10.1 Å². The molecule has 8 heteroatoms. The van der Waals surface area contributed by atoms with Crippen LogP contribution in [0.15, 0.2) is 18.2 Å². The molecule has 1 aliphatic heterocycles. The molecule has 0 spiro atoms. The van der Waals surface area contributed by atoms with Crippen molar-refractivity contribution in [3.05, 3.63) is 28.3 Å². The molecule has 1 saturated heterocycles. The maximum atomic E-state index is 11.2. The highest BCUT2D eigenvalue weighted by molar-refractivity contribution is 5.72. The van der Waals surface area contributed by atoms with Crippen molar-refractivity contribution in [2.24, 2.45) is 0 Å². The highest BCUT2D eigenvalue weighted by Gasteiger charge is 2.33. The van der Waals surface area contributed by atoms with Gasteiger partial charge in [-0.05, 0) is 26.0 Å². The Morgan fingerprint density at radius 3 is 2.68 bits per heavy atom. The van der Waals surface area contributed by atoms with Gasteiger partial charge in [-0.2, -0.15) is 0 Å². The van der Waals surface area contributed by atoms with E-state index >= 15 is 0 Å². The van der Waals surface area contributed by atoms with Gasteiger partial charge in [-0.15, -0.1) is 0 Å². The SMILES string of the molecule is CC(=O)Oc1cccc(OC[C@@H]2COC(C)(C)O2)c1[N+](=O)[O-]. The lowest BCUT2D eigenvalue weighted by atomic mass is 10.2. The van der Waals surface area contributed by atoms with Gasteiger partial charge in [-0.3, -0.25) is 14.9 Å². The Balaban J connectivity index is 2.13. The molecule has 22 heavy (non-hydrogen) atoms. The number of esters is 1. The van der Waals surface area contributed by atoms with Crippen LogP contribution in [-0.2, 0) is 14.3 Å². The van der Waals surface area contributed by atoms with E-state index in [1.807, 2.05) is 0 Å². The predicted octanol–water partition coefficient (Wildman–Crippen LogP) is 2.05. The number of nitro benzene ring substituents is 1. The summed E-state index contributed by atoms with van der Waals surface area (Å²) in [6.07, 6.45) is -0.327. The van der Waals surface area contributed by atoms with Crippen molar-refractivity contribution < 1.29 is 28.7 Å². The maximum Gasteiger partial charge on any atom is 0.353 e. The van der Waals surface area contributed by atoms with Crippen LogP contribution in [0.4, 0.5) is 5.69 Å². The number of para-hydroxylation sites is 1. The lowest BCUT2D eigenvalue weighted by Gasteiger charge is -2.17. The number of benzene rings is 1. The molecule has 0 amide bonds. The molecule has 1 atom stereocenters. The Bertz CT molecular complexity index is 585. The van der Waals surface area contributed by atoms with E-state index in [9.17, 15) is 14.9 Å². The van der Waals surface area contributed by atoms with Crippen LogP contribution in [0.3, 0.4) is 0 Å². The fourth-order valence-electron chi connectivity index (χ4n) is 2.06. The van der Waals surface area contributed by atoms with Crippen molar-refractivity contribution in [2.75, 3.05) is 13.2 Å². The predicted molar refractivity (Wildman–Crippen MR) is 74.8 cm³/mol. The summed E-state index contributed by atoms with van der Waals surface area (Å²) in [5.74, 6) is -1.48. The molecule has 0 radical (unpaired) electrons. The van der Waals surface area contributed by atoms with Gasteiger partial charge in [-0.1, -0.05) is 6.07 Å². The van der Waals surface area contributed by atoms with Gasteiger partial charge in [0.2, 0.25) is 11.5 Å². The number of nitro groups is 1. The molecule has 0 N–H and O–H groups in total. The normalized spacial score (nSPS) is 19.7. The van der Waals surface area contributed by atoms with Crippen molar-refractivity contribution in [3.8, 4) is 11.5 Å². The topological polar surface area (TPSA) is 97.1 Å². The average Bonchev–Trinajstić information content (AvgIpc) is 2.75. The number of rotatable bonds is 5. The van der Waals surface area contributed by atoms with Crippen LogP contribution < -0.4 is 9.47 Å². The lowest BCUT2D eigenvalue weighted by molar-refractivity contribution is -0.386. The minimum absolute atomic E-state index is 0.0112. The summed E-state index contributed by atoms with van der Waals surface area (Å²) in [5.41, 5.74) is -0.393. The standard InChI is InChI=1S/C14H17NO7/c1-9(16)21-12-6-4-5-11(13(12)15(17)18)19-7-10-8-20-14(2,3)22-10/h4-6,10H,7-8H2,1-3H3/t10-/m1/s1. The first-order valence-corrected chi connectivity index (χ1v) is 6.69. The van der Waals surface area contributed by atoms with Gasteiger partial charge in [0.05, 0.1) is 11.5 Å². The molecular formula is C14H17NO7. The highest BCUT2D eigenvalue weighted by atomic mass is 16.7. The zero-order chi connectivity index (χ0) is 16.3. The first kappa shape index (κ1) is 16.2. The van der Waals surface area contributed by atoms with E-state index in [1.165, 1.54) is 25.1 Å². The summed E-state index contributed by atoms with van der Waals surface area (Å²) in [7, 11) is 0. The smallest absolute Gasteiger partial charge is 0.353 e. The fraction of sp³-hybridized carbons (Fsp3) is 0.500. The minimum Gasteiger partial charge on any atom is -0.484 e. The Morgan fingerprint density at radius 1 is 1.45 bits per heavy atom. The monoisotopic (exact) mass is 311 g/mol. The third-order valence-corrected chi connectivity index (χ3v) is 2.89. The summed E-state index contributed by atoms with van der Waals surface area (Å²) in [6, 6.07) is 4.29. The number of nitrogens with zero attached hydrogens (tertiary/aromatic N) is 1. The molecule has 1 aromatic rings. The average molecular weight is 311 g/mol. The lowest BCUT2D eigenvalue weighted by Crippen LogP contribution is -2.25. The first-order valence-electron chi connectivity index (χ1n) is 6.69. The van der Waals surface area contributed by atoms with E-state index in [0.717, 1.165) is 0 Å². The number of carbonyl (C=O) groups excluding carboxylic acids is 1. The van der Waals surface area contributed by atoms with Crippen LogP contribution in [-0.4, -0.2) is 36.0 Å². The third-order valence-electron chi connectivity index (χ3n) is 2.89. The molecule has 0 unspecified atom stereocenters. The number of hydrogen-bond donors (Lipinski definition) is 0. The largest absolute Gasteiger partial charge is 0.484 e. The van der Waals surface area contributed by atoms with E-state index in [4.69, 9.17) is 18.9 Å². The van der Waals surface area contributed by atoms with Crippen LogP contribution in [0.5, 0.6) is 11.5 Å². The molecule has 120 valence electrons. The van der Waals surface area contributed by atoms with Gasteiger partial charge in [0, 0.05) is 6.92 Å². The molecule has 2 rings (SSSR count). The van der Waals surface area contributed by atoms with Crippen LogP contribution >= 0.6 is 0 Å². The summed E-state index contributed by atoms with van der Waals surface area (Å²) in [4.78, 5) is 21.6. The van der Waals surface area contributed by atoms with E-state index in [2.05, 4.69) is 0 Å². The van der Waals surface area contributed by atoms with Gasteiger partial charge in [0.15, 0.2) is 5.79 Å². The van der Waals surface area contributed by atoms with E-state index in [1.54, 1.807) is 13.8 Å². The Morgan fingerprint density at radius 2 is 2.14 bits per heavy atom. The zero-order valence-corrected chi connectivity index (χ0v) is 12.5. The summed E-state index contributed by atoms with van der Waals surface area (Å²) < 4.78 is 21.2. The Kier molecular flexibility index (Phi) is 4.62. The van der Waals surface area contributed by atoms with Crippen molar-refractivity contribution in [3.63, 3.8) is 0 Å². The zero-order valence-electron chi connectivity index (χ0n) is 12.5. The molecular weight excluding hydrogens is 294 g/mol.